The molecule has 1 fully saturated rings. The summed E-state index contributed by atoms with van der Waals surface area (Å²) in [6, 6.07) is -0.783. The maximum Gasteiger partial charge on any atom is 0.318 e. The Morgan fingerprint density at radius 2 is 2.11 bits per heavy atom. The van der Waals surface area contributed by atoms with Gasteiger partial charge in [-0.2, -0.15) is 0 Å². The summed E-state index contributed by atoms with van der Waals surface area (Å²) < 4.78 is 0. The summed E-state index contributed by atoms with van der Waals surface area (Å²) in [6.45, 7) is 3.42. The summed E-state index contributed by atoms with van der Waals surface area (Å²) in [6.07, 6.45) is 3.74. The van der Waals surface area contributed by atoms with Gasteiger partial charge < -0.3 is 16.4 Å². The van der Waals surface area contributed by atoms with Gasteiger partial charge in [0.25, 0.3) is 0 Å². The molecule has 1 rings (SSSR count). The first kappa shape index (κ1) is 17.2. The van der Waals surface area contributed by atoms with Gasteiger partial charge in [-0.1, -0.05) is 0 Å². The molecule has 0 radical (unpaired) electrons. The predicted molar refractivity (Wildman–Crippen MR) is 72.4 cm³/mol. The third kappa shape index (κ3) is 6.78. The monoisotopic (exact) mass is 278 g/mol. The van der Waals surface area contributed by atoms with Crippen molar-refractivity contribution in [1.82, 2.24) is 10.2 Å². The summed E-state index contributed by atoms with van der Waals surface area (Å²) in [4.78, 5) is 24.0. The van der Waals surface area contributed by atoms with E-state index in [1.807, 2.05) is 0 Å². The summed E-state index contributed by atoms with van der Waals surface area (Å²) in [5.41, 5.74) is 10.4. The molecule has 1 saturated heterocycles. The average molecular weight is 279 g/mol. The standard InChI is InChI=1S/C11H22N4O2.ClH/c12-5-3-9-2-1-6-15(8-9)7-4-10(16)14-11(13)17;/h9H,1-8,12H2,(H3,13,14,16,17);1H. The second-order valence-electron chi connectivity index (χ2n) is 4.55. The molecule has 0 bridgehead atoms. The third-order valence-electron chi connectivity index (χ3n) is 3.10. The first-order valence-corrected chi connectivity index (χ1v) is 6.13. The Kier molecular flexibility index (Phi) is 8.70. The van der Waals surface area contributed by atoms with Crippen molar-refractivity contribution in [3.05, 3.63) is 0 Å². The van der Waals surface area contributed by atoms with E-state index in [1.54, 1.807) is 0 Å². The van der Waals surface area contributed by atoms with Gasteiger partial charge in [-0.25, -0.2) is 4.79 Å². The number of urea groups is 1. The van der Waals surface area contributed by atoms with Gasteiger partial charge in [0.15, 0.2) is 0 Å². The largest absolute Gasteiger partial charge is 0.351 e. The number of hydrogen-bond acceptors (Lipinski definition) is 4. The van der Waals surface area contributed by atoms with E-state index in [0.29, 0.717) is 18.9 Å². The molecule has 18 heavy (non-hydrogen) atoms. The first-order chi connectivity index (χ1) is 8.11. The Morgan fingerprint density at radius 3 is 2.72 bits per heavy atom. The average Bonchev–Trinajstić information content (AvgIpc) is 2.26. The van der Waals surface area contributed by atoms with Crippen molar-refractivity contribution in [1.29, 1.82) is 0 Å². The number of imide groups is 1. The van der Waals surface area contributed by atoms with Crippen molar-refractivity contribution in [2.45, 2.75) is 25.7 Å². The van der Waals surface area contributed by atoms with Gasteiger partial charge >= 0.3 is 6.03 Å². The zero-order valence-electron chi connectivity index (χ0n) is 10.6. The van der Waals surface area contributed by atoms with Crippen LogP contribution in [0.5, 0.6) is 0 Å². The van der Waals surface area contributed by atoms with Crippen LogP contribution in [0.2, 0.25) is 0 Å². The number of piperidine rings is 1. The van der Waals surface area contributed by atoms with Crippen LogP contribution >= 0.6 is 12.4 Å². The van der Waals surface area contributed by atoms with Gasteiger partial charge in [0.1, 0.15) is 0 Å². The van der Waals surface area contributed by atoms with Gasteiger partial charge in [-0.15, -0.1) is 12.4 Å². The molecule has 0 spiro atoms. The van der Waals surface area contributed by atoms with E-state index in [-0.39, 0.29) is 18.3 Å². The van der Waals surface area contributed by atoms with Gasteiger partial charge in [0.05, 0.1) is 0 Å². The number of primary amides is 1. The quantitative estimate of drug-likeness (QED) is 0.661. The smallest absolute Gasteiger partial charge is 0.318 e. The first-order valence-electron chi connectivity index (χ1n) is 6.13. The lowest BCUT2D eigenvalue weighted by Crippen LogP contribution is -2.40. The highest BCUT2D eigenvalue weighted by atomic mass is 35.5. The molecule has 0 aliphatic carbocycles. The molecule has 3 amide bonds. The lowest BCUT2D eigenvalue weighted by molar-refractivity contribution is -0.120. The van der Waals surface area contributed by atoms with E-state index in [4.69, 9.17) is 11.5 Å². The number of nitrogens with zero attached hydrogens (tertiary/aromatic N) is 1. The predicted octanol–water partition coefficient (Wildman–Crippen LogP) is 0.0540. The maximum absolute atomic E-state index is 11.2. The Bertz CT molecular complexity index is 274. The summed E-state index contributed by atoms with van der Waals surface area (Å²) in [5.74, 6) is 0.339. The van der Waals surface area contributed by atoms with Gasteiger partial charge in [-0.3, -0.25) is 10.1 Å². The number of halogens is 1. The third-order valence-corrected chi connectivity index (χ3v) is 3.10. The van der Waals surface area contributed by atoms with Crippen LogP contribution in [0.3, 0.4) is 0 Å². The highest BCUT2D eigenvalue weighted by molar-refractivity contribution is 5.93. The normalized spacial score (nSPS) is 19.9. The van der Waals surface area contributed by atoms with Crippen LogP contribution in [-0.4, -0.2) is 43.0 Å². The minimum absolute atomic E-state index is 0. The number of nitrogens with two attached hydrogens (primary N) is 2. The number of carbonyl (C=O) groups excluding carboxylic acids is 2. The fourth-order valence-electron chi connectivity index (χ4n) is 2.29. The molecule has 7 heteroatoms. The van der Waals surface area contributed by atoms with E-state index in [2.05, 4.69) is 10.2 Å². The molecule has 0 aromatic carbocycles. The summed E-state index contributed by atoms with van der Waals surface area (Å²) in [5, 5.41) is 2.07. The van der Waals surface area contributed by atoms with Crippen LogP contribution in [0.1, 0.15) is 25.7 Å². The van der Waals surface area contributed by atoms with Crippen molar-refractivity contribution in [3.63, 3.8) is 0 Å². The Morgan fingerprint density at radius 1 is 1.39 bits per heavy atom. The van der Waals surface area contributed by atoms with Crippen molar-refractivity contribution < 1.29 is 9.59 Å². The Labute approximate surface area is 114 Å². The second-order valence-corrected chi connectivity index (χ2v) is 4.55. The molecule has 0 aromatic heterocycles. The van der Waals surface area contributed by atoms with E-state index >= 15 is 0 Å². The molecule has 5 N–H and O–H groups in total. The van der Waals surface area contributed by atoms with Crippen LogP contribution in [0, 0.1) is 5.92 Å². The summed E-state index contributed by atoms with van der Waals surface area (Å²) in [7, 11) is 0. The van der Waals surface area contributed by atoms with Crippen LogP contribution in [0.25, 0.3) is 0 Å². The molecule has 0 aromatic rings. The molecule has 1 unspecified atom stereocenters. The molecule has 1 aliphatic heterocycles. The number of nitrogens with one attached hydrogen (secondary N) is 1. The number of rotatable bonds is 5. The lowest BCUT2D eigenvalue weighted by atomic mass is 9.95. The number of carbonyl (C=O) groups is 2. The van der Waals surface area contributed by atoms with Crippen LogP contribution in [0.15, 0.2) is 0 Å². The SMILES string of the molecule is Cl.NCCC1CCCN(CCC(=O)NC(N)=O)C1. The number of hydrogen-bond donors (Lipinski definition) is 3. The van der Waals surface area contributed by atoms with Crippen LogP contribution in [0.4, 0.5) is 4.79 Å². The fraction of sp³-hybridized carbons (Fsp3) is 0.818. The minimum atomic E-state index is -0.783. The van der Waals surface area contributed by atoms with Crippen LogP contribution in [-0.2, 0) is 4.79 Å². The van der Waals surface area contributed by atoms with Gasteiger partial charge in [0, 0.05) is 19.5 Å². The molecule has 1 heterocycles. The molecular weight excluding hydrogens is 256 g/mol. The van der Waals surface area contributed by atoms with E-state index in [9.17, 15) is 9.59 Å². The zero-order valence-corrected chi connectivity index (χ0v) is 11.4. The molecule has 0 saturated carbocycles. The number of likely N-dealkylation sites (tertiary alicyclic amines) is 1. The van der Waals surface area contributed by atoms with Crippen molar-refractivity contribution in [2.75, 3.05) is 26.2 Å². The fourth-order valence-corrected chi connectivity index (χ4v) is 2.29. The molecule has 106 valence electrons. The van der Waals surface area contributed by atoms with Crippen LogP contribution < -0.4 is 16.8 Å². The van der Waals surface area contributed by atoms with Crippen molar-refractivity contribution in [2.24, 2.45) is 17.4 Å². The van der Waals surface area contributed by atoms with E-state index < -0.39 is 6.03 Å². The highest BCUT2D eigenvalue weighted by Gasteiger charge is 2.19. The van der Waals surface area contributed by atoms with Crippen molar-refractivity contribution in [3.8, 4) is 0 Å². The molecule has 1 aliphatic rings. The second kappa shape index (κ2) is 9.13. The minimum Gasteiger partial charge on any atom is -0.351 e. The molecule has 6 nitrogen and oxygen atoms in total. The van der Waals surface area contributed by atoms with Gasteiger partial charge in [0.2, 0.25) is 5.91 Å². The van der Waals surface area contributed by atoms with E-state index in [0.717, 1.165) is 32.5 Å². The van der Waals surface area contributed by atoms with Gasteiger partial charge in [-0.05, 0) is 38.3 Å². The Hall–Kier alpha value is -0.850. The zero-order chi connectivity index (χ0) is 12.7. The lowest BCUT2D eigenvalue weighted by Gasteiger charge is -2.32. The molecule has 1 atom stereocenters. The van der Waals surface area contributed by atoms with Crippen molar-refractivity contribution >= 4 is 24.3 Å². The van der Waals surface area contributed by atoms with E-state index in [1.165, 1.54) is 6.42 Å². The molecular formula is C11H23ClN4O2. The highest BCUT2D eigenvalue weighted by Crippen LogP contribution is 2.18. The maximum atomic E-state index is 11.2. The number of amides is 3. The summed E-state index contributed by atoms with van der Waals surface area (Å²) >= 11 is 0. The Balaban J connectivity index is 0.00000289. The topological polar surface area (TPSA) is 101 Å².